The Labute approximate surface area is 108 Å². The third-order valence-corrected chi connectivity index (χ3v) is 3.91. The van der Waals surface area contributed by atoms with Crippen LogP contribution in [0.25, 0.3) is 11.2 Å². The minimum absolute atomic E-state index is 0.370. The van der Waals surface area contributed by atoms with Crippen molar-refractivity contribution in [3.8, 4) is 0 Å². The van der Waals surface area contributed by atoms with Crippen LogP contribution >= 0.6 is 11.8 Å². The number of aromatic amines is 1. The highest BCUT2D eigenvalue weighted by Crippen LogP contribution is 2.21. The normalized spacial score (nSPS) is 11.3. The summed E-state index contributed by atoms with van der Waals surface area (Å²) in [6.07, 6.45) is 1.03. The van der Waals surface area contributed by atoms with Gasteiger partial charge in [-0.2, -0.15) is 0 Å². The van der Waals surface area contributed by atoms with Gasteiger partial charge >= 0.3 is 5.69 Å². The van der Waals surface area contributed by atoms with E-state index in [0.717, 1.165) is 17.3 Å². The molecule has 0 fully saturated rings. The Kier molecular flexibility index (Phi) is 3.60. The zero-order valence-electron chi connectivity index (χ0n) is 10.7. The van der Waals surface area contributed by atoms with Gasteiger partial charge in [0.05, 0.1) is 0 Å². The average Bonchev–Trinajstić information content (AvgIpc) is 2.72. The molecule has 0 aliphatic rings. The van der Waals surface area contributed by atoms with Gasteiger partial charge in [0.25, 0.3) is 5.56 Å². The summed E-state index contributed by atoms with van der Waals surface area (Å²) in [6, 6.07) is 0. The summed E-state index contributed by atoms with van der Waals surface area (Å²) in [5.41, 5.74) is 0.119. The lowest BCUT2D eigenvalue weighted by Crippen LogP contribution is -2.29. The first-order valence-electron chi connectivity index (χ1n) is 5.92. The summed E-state index contributed by atoms with van der Waals surface area (Å²) in [5.74, 6) is 0.940. The van der Waals surface area contributed by atoms with Crippen LogP contribution in [0.1, 0.15) is 20.3 Å². The quantitative estimate of drug-likeness (QED) is 0.838. The first-order valence-corrected chi connectivity index (χ1v) is 6.91. The third-order valence-electron chi connectivity index (χ3n) is 2.72. The zero-order valence-corrected chi connectivity index (χ0v) is 11.5. The van der Waals surface area contributed by atoms with Gasteiger partial charge in [0.15, 0.2) is 16.3 Å². The van der Waals surface area contributed by atoms with E-state index in [1.54, 1.807) is 18.8 Å². The molecule has 0 amide bonds. The van der Waals surface area contributed by atoms with Gasteiger partial charge in [-0.25, -0.2) is 9.78 Å². The Morgan fingerprint density at radius 3 is 2.67 bits per heavy atom. The van der Waals surface area contributed by atoms with Crippen molar-refractivity contribution >= 4 is 22.9 Å². The van der Waals surface area contributed by atoms with Crippen LogP contribution in [0.2, 0.25) is 0 Å². The Hall–Kier alpha value is -1.50. The van der Waals surface area contributed by atoms with Crippen molar-refractivity contribution in [2.24, 2.45) is 7.05 Å². The molecule has 1 N–H and O–H groups in total. The van der Waals surface area contributed by atoms with E-state index in [1.807, 2.05) is 11.5 Å². The molecule has 7 heteroatoms. The second-order valence-corrected chi connectivity index (χ2v) is 5.04. The molecule has 0 spiro atoms. The molecule has 0 radical (unpaired) electrons. The van der Waals surface area contributed by atoms with Crippen LogP contribution < -0.4 is 11.2 Å². The predicted octanol–water partition coefficient (Wildman–Crippen LogP) is 0.945. The summed E-state index contributed by atoms with van der Waals surface area (Å²) in [4.78, 5) is 30.1. The molecule has 0 saturated heterocycles. The monoisotopic (exact) mass is 268 g/mol. The average molecular weight is 268 g/mol. The maximum absolute atomic E-state index is 11.9. The first-order chi connectivity index (χ1) is 8.60. The van der Waals surface area contributed by atoms with Crippen LogP contribution in [-0.4, -0.2) is 24.9 Å². The van der Waals surface area contributed by atoms with Gasteiger partial charge in [-0.05, 0) is 13.3 Å². The number of rotatable bonds is 4. The van der Waals surface area contributed by atoms with Crippen LogP contribution in [0.15, 0.2) is 14.7 Å². The van der Waals surface area contributed by atoms with E-state index in [9.17, 15) is 9.59 Å². The fourth-order valence-electron chi connectivity index (χ4n) is 1.81. The highest BCUT2D eigenvalue weighted by molar-refractivity contribution is 7.99. The van der Waals surface area contributed by atoms with E-state index in [-0.39, 0.29) is 5.56 Å². The van der Waals surface area contributed by atoms with Crippen molar-refractivity contribution in [1.29, 1.82) is 0 Å². The Morgan fingerprint density at radius 2 is 2.06 bits per heavy atom. The maximum atomic E-state index is 11.9. The van der Waals surface area contributed by atoms with Gasteiger partial charge in [-0.3, -0.25) is 14.3 Å². The van der Waals surface area contributed by atoms with Gasteiger partial charge in [-0.15, -0.1) is 0 Å². The van der Waals surface area contributed by atoms with Crippen LogP contribution in [-0.2, 0) is 13.6 Å². The molecule has 0 aromatic carbocycles. The summed E-state index contributed by atoms with van der Waals surface area (Å²) < 4.78 is 3.23. The van der Waals surface area contributed by atoms with Gasteiger partial charge in [-0.1, -0.05) is 18.7 Å². The lowest BCUT2D eigenvalue weighted by molar-refractivity contribution is 0.699. The molecule has 2 heterocycles. The highest BCUT2D eigenvalue weighted by atomic mass is 32.2. The number of hydrogen-bond donors (Lipinski definition) is 1. The van der Waals surface area contributed by atoms with E-state index >= 15 is 0 Å². The number of aromatic nitrogens is 4. The van der Waals surface area contributed by atoms with E-state index in [0.29, 0.717) is 17.7 Å². The molecule has 0 saturated carbocycles. The van der Waals surface area contributed by atoms with Gasteiger partial charge in [0, 0.05) is 19.3 Å². The molecule has 0 aliphatic carbocycles. The number of imidazole rings is 1. The largest absolute Gasteiger partial charge is 0.329 e. The van der Waals surface area contributed by atoms with Crippen molar-refractivity contribution in [3.05, 3.63) is 20.8 Å². The van der Waals surface area contributed by atoms with Crippen LogP contribution in [0, 0.1) is 0 Å². The number of aryl methyl sites for hydroxylation is 2. The molecule has 0 atom stereocenters. The van der Waals surface area contributed by atoms with Crippen molar-refractivity contribution < 1.29 is 0 Å². The molecule has 2 aromatic heterocycles. The highest BCUT2D eigenvalue weighted by Gasteiger charge is 2.15. The molecule has 0 aliphatic heterocycles. The van der Waals surface area contributed by atoms with E-state index < -0.39 is 5.69 Å². The lowest BCUT2D eigenvalue weighted by Gasteiger charge is -2.03. The van der Waals surface area contributed by atoms with Crippen LogP contribution in [0.5, 0.6) is 0 Å². The number of fused-ring (bicyclic) bond motifs is 1. The number of nitrogens with zero attached hydrogens (tertiary/aromatic N) is 3. The number of hydrogen-bond acceptors (Lipinski definition) is 4. The number of thioether (sulfide) groups is 1. The second-order valence-electron chi connectivity index (χ2n) is 3.98. The lowest BCUT2D eigenvalue weighted by atomic mass is 10.5. The summed E-state index contributed by atoms with van der Waals surface area (Å²) in [6.45, 7) is 4.71. The molecule has 2 rings (SSSR count). The summed E-state index contributed by atoms with van der Waals surface area (Å²) in [5, 5.41) is 0.793. The van der Waals surface area contributed by atoms with Crippen LogP contribution in [0.4, 0.5) is 0 Å². The van der Waals surface area contributed by atoms with Gasteiger partial charge < -0.3 is 4.57 Å². The molecular formula is C11H16N4O2S. The summed E-state index contributed by atoms with van der Waals surface area (Å²) in [7, 11) is 1.61. The molecule has 6 nitrogen and oxygen atoms in total. The standard InChI is InChI=1S/C11H16N4O2S/c1-4-6-18-11-12-8-7(15(11)5-2)9(16)13-10(17)14(8)3/h4-6H2,1-3H3,(H,13,16,17). The van der Waals surface area contributed by atoms with Crippen molar-refractivity contribution in [3.63, 3.8) is 0 Å². The topological polar surface area (TPSA) is 72.7 Å². The van der Waals surface area contributed by atoms with E-state index in [1.165, 1.54) is 4.57 Å². The van der Waals surface area contributed by atoms with Gasteiger partial charge in [0.2, 0.25) is 0 Å². The summed E-state index contributed by atoms with van der Waals surface area (Å²) >= 11 is 1.60. The predicted molar refractivity (Wildman–Crippen MR) is 72.3 cm³/mol. The smallest absolute Gasteiger partial charge is 0.313 e. The van der Waals surface area contributed by atoms with E-state index in [2.05, 4.69) is 16.9 Å². The molecule has 0 unspecified atom stereocenters. The molecule has 18 heavy (non-hydrogen) atoms. The first kappa shape index (κ1) is 12.9. The van der Waals surface area contributed by atoms with Gasteiger partial charge in [0.1, 0.15) is 0 Å². The van der Waals surface area contributed by atoms with Crippen molar-refractivity contribution in [1.82, 2.24) is 19.1 Å². The minimum atomic E-state index is -0.430. The molecule has 0 bridgehead atoms. The Balaban J connectivity index is 2.76. The fourth-order valence-corrected chi connectivity index (χ4v) is 2.73. The number of H-pyrrole nitrogens is 1. The fraction of sp³-hybridized carbons (Fsp3) is 0.545. The van der Waals surface area contributed by atoms with Crippen molar-refractivity contribution in [2.45, 2.75) is 32.0 Å². The van der Waals surface area contributed by atoms with Crippen molar-refractivity contribution in [2.75, 3.05) is 5.75 Å². The third kappa shape index (κ3) is 1.98. The van der Waals surface area contributed by atoms with Crippen LogP contribution in [0.3, 0.4) is 0 Å². The molecular weight excluding hydrogens is 252 g/mol. The Bertz CT molecular complexity index is 683. The minimum Gasteiger partial charge on any atom is -0.313 e. The SMILES string of the molecule is CCCSc1nc2c(c(=O)[nH]c(=O)n2C)n1CC. The number of nitrogens with one attached hydrogen (secondary N) is 1. The van der Waals surface area contributed by atoms with E-state index in [4.69, 9.17) is 0 Å². The molecule has 98 valence electrons. The Morgan fingerprint density at radius 1 is 1.33 bits per heavy atom. The zero-order chi connectivity index (χ0) is 13.3. The second kappa shape index (κ2) is 5.01. The molecule has 2 aromatic rings. The maximum Gasteiger partial charge on any atom is 0.329 e.